The lowest BCUT2D eigenvalue weighted by atomic mass is 10.1. The Morgan fingerprint density at radius 3 is 2.56 bits per heavy atom. The summed E-state index contributed by atoms with van der Waals surface area (Å²) in [7, 11) is 1.65. The van der Waals surface area contributed by atoms with Gasteiger partial charge >= 0.3 is 0 Å². The number of methoxy groups -OCH3 is 1. The van der Waals surface area contributed by atoms with E-state index in [-0.39, 0.29) is 12.1 Å². The Morgan fingerprint density at radius 2 is 1.78 bits per heavy atom. The van der Waals surface area contributed by atoms with Crippen molar-refractivity contribution in [1.29, 1.82) is 0 Å². The molecule has 158 valence electrons. The zero-order valence-electron chi connectivity index (χ0n) is 17.1. The van der Waals surface area contributed by atoms with Gasteiger partial charge in [0.2, 0.25) is 0 Å². The highest BCUT2D eigenvalue weighted by Gasteiger charge is 2.23. The summed E-state index contributed by atoms with van der Waals surface area (Å²) in [6.07, 6.45) is 2.27. The molecule has 2 aliphatic rings. The molecule has 1 N–H and O–H groups in total. The fourth-order valence-electron chi connectivity index (χ4n) is 3.40. The molecule has 0 aromatic heterocycles. The van der Waals surface area contributed by atoms with Crippen molar-refractivity contribution < 1.29 is 9.53 Å². The number of fused-ring (bicyclic) bond motifs is 1. The van der Waals surface area contributed by atoms with Crippen LogP contribution in [-0.4, -0.2) is 24.4 Å². The number of hydrogen-bond acceptors (Lipinski definition) is 8. The number of ether oxygens (including phenoxy) is 1. The number of nitrogens with one attached hydrogen (secondary N) is 1. The lowest BCUT2D eigenvalue weighted by molar-refractivity contribution is -0.115. The molecule has 3 aromatic rings. The van der Waals surface area contributed by atoms with Gasteiger partial charge in [0, 0.05) is 6.42 Å². The average molecular weight is 443 g/mol. The summed E-state index contributed by atoms with van der Waals surface area (Å²) in [4.78, 5) is 17.6. The zero-order chi connectivity index (χ0) is 21.9. The molecular weight excluding hydrogens is 424 g/mol. The van der Waals surface area contributed by atoms with Crippen LogP contribution in [-0.2, 0) is 11.2 Å². The lowest BCUT2D eigenvalue weighted by Gasteiger charge is -2.03. The molecule has 0 saturated carbocycles. The van der Waals surface area contributed by atoms with E-state index < -0.39 is 0 Å². The molecule has 1 fully saturated rings. The summed E-state index contributed by atoms with van der Waals surface area (Å²) in [5.74, 6) is 0.662. The van der Waals surface area contributed by atoms with Crippen LogP contribution in [0.15, 0.2) is 91.2 Å². The predicted octanol–water partition coefficient (Wildman–Crippen LogP) is 5.44. The molecule has 8 nitrogen and oxygen atoms in total. The molecule has 2 heterocycles. The van der Waals surface area contributed by atoms with Crippen LogP contribution < -0.4 is 10.1 Å². The Bertz CT molecular complexity index is 1300. The van der Waals surface area contributed by atoms with E-state index in [9.17, 15) is 4.79 Å². The normalized spacial score (nSPS) is 18.2. The third kappa shape index (κ3) is 4.42. The third-order valence-corrected chi connectivity index (χ3v) is 5.93. The average Bonchev–Trinajstić information content (AvgIpc) is 3.44. The van der Waals surface area contributed by atoms with Gasteiger partial charge < -0.3 is 10.1 Å². The fourth-order valence-corrected chi connectivity index (χ4v) is 4.24. The first-order valence-electron chi connectivity index (χ1n) is 9.92. The highest BCUT2D eigenvalue weighted by molar-refractivity contribution is 8.18. The Morgan fingerprint density at radius 1 is 1.03 bits per heavy atom. The Kier molecular flexibility index (Phi) is 5.47. The maximum absolute atomic E-state index is 12.4. The second-order valence-electron chi connectivity index (χ2n) is 7.22. The molecule has 0 bridgehead atoms. The van der Waals surface area contributed by atoms with E-state index in [1.165, 1.54) is 11.8 Å². The Labute approximate surface area is 188 Å². The van der Waals surface area contributed by atoms with Crippen LogP contribution in [0.3, 0.4) is 0 Å². The van der Waals surface area contributed by atoms with E-state index in [0.29, 0.717) is 16.5 Å². The maximum Gasteiger partial charge on any atom is 0.264 e. The standard InChI is InChI=1S/C23H18N6O2S/c1-31-19-9-6-16-10-15(2-5-17(16)13-19)11-20-22(30)25-23(32-20)24-18-7-3-14(4-8-18)12-21-26-28-29-27-21/h2-11,13,21H,12H2,1H3,(H,24,25,30)/b20-11-. The number of hydrogen-bond donors (Lipinski definition) is 1. The minimum absolute atomic E-state index is 0.155. The van der Waals surface area contributed by atoms with E-state index in [0.717, 1.165) is 33.3 Å². The van der Waals surface area contributed by atoms with Crippen molar-refractivity contribution in [2.24, 2.45) is 25.7 Å². The van der Waals surface area contributed by atoms with Crippen LogP contribution in [0.25, 0.3) is 16.8 Å². The number of benzene rings is 3. The molecule has 9 heteroatoms. The summed E-state index contributed by atoms with van der Waals surface area (Å²) in [5.41, 5.74) is 2.77. The van der Waals surface area contributed by atoms with Gasteiger partial charge in [-0.05, 0) is 80.5 Å². The minimum Gasteiger partial charge on any atom is -0.497 e. The monoisotopic (exact) mass is 442 g/mol. The molecule has 0 spiro atoms. The summed E-state index contributed by atoms with van der Waals surface area (Å²) in [6, 6.07) is 19.7. The maximum atomic E-state index is 12.4. The van der Waals surface area contributed by atoms with E-state index in [1.54, 1.807) is 7.11 Å². The van der Waals surface area contributed by atoms with Crippen molar-refractivity contribution in [3.8, 4) is 5.75 Å². The first-order valence-corrected chi connectivity index (χ1v) is 10.7. The van der Waals surface area contributed by atoms with Crippen molar-refractivity contribution in [2.75, 3.05) is 7.11 Å². The number of thioether (sulfide) groups is 1. The van der Waals surface area contributed by atoms with Crippen molar-refractivity contribution in [2.45, 2.75) is 12.6 Å². The summed E-state index contributed by atoms with van der Waals surface area (Å²) >= 11 is 1.33. The van der Waals surface area contributed by atoms with Gasteiger partial charge in [-0.15, -0.1) is 10.2 Å². The Balaban J connectivity index is 1.30. The van der Waals surface area contributed by atoms with Crippen molar-refractivity contribution in [3.05, 3.63) is 76.7 Å². The molecule has 2 aliphatic heterocycles. The first kappa shape index (κ1) is 20.1. The largest absolute Gasteiger partial charge is 0.497 e. The van der Waals surface area contributed by atoms with Crippen LogP contribution in [0, 0.1) is 0 Å². The summed E-state index contributed by atoms with van der Waals surface area (Å²) in [5, 5.41) is 20.4. The SMILES string of the molecule is COc1ccc2cc(/C=C3\SC(=Nc4ccc(CC5N=NN=N5)cc4)NC3=O)ccc2c1. The van der Waals surface area contributed by atoms with Crippen LogP contribution in [0.5, 0.6) is 5.75 Å². The smallest absolute Gasteiger partial charge is 0.264 e. The highest BCUT2D eigenvalue weighted by Crippen LogP contribution is 2.29. The van der Waals surface area contributed by atoms with Gasteiger partial charge in [-0.25, -0.2) is 4.99 Å². The van der Waals surface area contributed by atoms with E-state index in [4.69, 9.17) is 4.74 Å². The molecule has 32 heavy (non-hydrogen) atoms. The van der Waals surface area contributed by atoms with Gasteiger partial charge in [-0.2, -0.15) is 0 Å². The predicted molar refractivity (Wildman–Crippen MR) is 125 cm³/mol. The number of carbonyl (C=O) groups excluding carboxylic acids is 1. The molecule has 1 amide bonds. The molecule has 0 aliphatic carbocycles. The number of rotatable bonds is 5. The molecule has 0 radical (unpaired) electrons. The molecule has 0 atom stereocenters. The van der Waals surface area contributed by atoms with Gasteiger partial charge in [0.1, 0.15) is 5.75 Å². The molecule has 5 rings (SSSR count). The van der Waals surface area contributed by atoms with Gasteiger partial charge in [0.25, 0.3) is 5.91 Å². The molecule has 0 unspecified atom stereocenters. The molecule has 3 aromatic carbocycles. The van der Waals surface area contributed by atoms with Gasteiger partial charge in [0.05, 0.1) is 17.7 Å². The van der Waals surface area contributed by atoms with E-state index >= 15 is 0 Å². The second-order valence-corrected chi connectivity index (χ2v) is 8.25. The van der Waals surface area contributed by atoms with Gasteiger partial charge in [-0.3, -0.25) is 4.79 Å². The Hall–Kier alpha value is -3.85. The van der Waals surface area contributed by atoms with E-state index in [1.807, 2.05) is 66.7 Å². The topological polar surface area (TPSA) is 100 Å². The number of aliphatic imine (C=N–C) groups is 1. The highest BCUT2D eigenvalue weighted by atomic mass is 32.2. The summed E-state index contributed by atoms with van der Waals surface area (Å²) < 4.78 is 5.27. The number of amidine groups is 1. The van der Waals surface area contributed by atoms with Crippen LogP contribution >= 0.6 is 11.8 Å². The fraction of sp³-hybridized carbons (Fsp3) is 0.130. The number of nitrogens with zero attached hydrogens (tertiary/aromatic N) is 5. The number of amides is 1. The van der Waals surface area contributed by atoms with Crippen LogP contribution in [0.1, 0.15) is 11.1 Å². The number of carbonyl (C=O) groups is 1. The van der Waals surface area contributed by atoms with Crippen molar-refractivity contribution in [3.63, 3.8) is 0 Å². The zero-order valence-corrected chi connectivity index (χ0v) is 17.9. The molecule has 1 saturated heterocycles. The third-order valence-electron chi connectivity index (χ3n) is 5.02. The second kappa shape index (κ2) is 8.72. The van der Waals surface area contributed by atoms with Gasteiger partial charge in [-0.1, -0.05) is 30.3 Å². The van der Waals surface area contributed by atoms with Crippen molar-refractivity contribution >= 4 is 45.4 Å². The minimum atomic E-state index is -0.248. The quantitative estimate of drug-likeness (QED) is 0.532. The molecular formula is C23H18N6O2S. The lowest BCUT2D eigenvalue weighted by Crippen LogP contribution is -2.19. The summed E-state index contributed by atoms with van der Waals surface area (Å²) in [6.45, 7) is 0. The van der Waals surface area contributed by atoms with Crippen LogP contribution in [0.4, 0.5) is 5.69 Å². The first-order chi connectivity index (χ1) is 15.7. The van der Waals surface area contributed by atoms with Crippen LogP contribution in [0.2, 0.25) is 0 Å². The van der Waals surface area contributed by atoms with E-state index in [2.05, 4.69) is 31.0 Å². The van der Waals surface area contributed by atoms with Gasteiger partial charge in [0.15, 0.2) is 11.3 Å². The van der Waals surface area contributed by atoms with Crippen molar-refractivity contribution in [1.82, 2.24) is 5.32 Å².